The summed E-state index contributed by atoms with van der Waals surface area (Å²) in [5.74, 6) is 1.16. The largest absolute Gasteiger partial charge is 0.356 e. The molecule has 1 heterocycles. The molecule has 2 aromatic carbocycles. The molecule has 136 valence electrons. The van der Waals surface area contributed by atoms with Gasteiger partial charge in [0.2, 0.25) is 5.91 Å². The zero-order valence-electron chi connectivity index (χ0n) is 15.2. The van der Waals surface area contributed by atoms with Crippen molar-refractivity contribution in [2.24, 2.45) is 5.92 Å². The molecule has 0 radical (unpaired) electrons. The molecule has 0 aliphatic carbocycles. The van der Waals surface area contributed by atoms with Crippen LogP contribution < -0.4 is 5.32 Å². The highest BCUT2D eigenvalue weighted by molar-refractivity contribution is 6.30. The Morgan fingerprint density at radius 3 is 2.62 bits per heavy atom. The fraction of sp³-hybridized carbons (Fsp3) is 0.333. The number of nitrogens with one attached hydrogen (secondary N) is 1. The van der Waals surface area contributed by atoms with Gasteiger partial charge in [0, 0.05) is 30.5 Å². The molecule has 1 aromatic heterocycles. The Labute approximate surface area is 159 Å². The number of halogens is 1. The normalized spacial score (nSPS) is 11.2. The van der Waals surface area contributed by atoms with Crippen LogP contribution in [0.4, 0.5) is 0 Å². The van der Waals surface area contributed by atoms with Gasteiger partial charge in [0.1, 0.15) is 5.82 Å². The molecule has 0 saturated heterocycles. The third-order valence-corrected chi connectivity index (χ3v) is 4.64. The molecule has 3 aromatic rings. The number of carbonyl (C=O) groups is 1. The summed E-state index contributed by atoms with van der Waals surface area (Å²) in [5.41, 5.74) is 3.32. The van der Waals surface area contributed by atoms with E-state index >= 15 is 0 Å². The Kier molecular flexibility index (Phi) is 5.94. The van der Waals surface area contributed by atoms with Gasteiger partial charge in [0.05, 0.1) is 11.0 Å². The maximum absolute atomic E-state index is 11.7. The van der Waals surface area contributed by atoms with Gasteiger partial charge in [-0.25, -0.2) is 4.98 Å². The van der Waals surface area contributed by atoms with Crippen molar-refractivity contribution in [1.82, 2.24) is 14.9 Å². The number of amides is 1. The minimum Gasteiger partial charge on any atom is -0.356 e. The van der Waals surface area contributed by atoms with Gasteiger partial charge in [0.25, 0.3) is 0 Å². The van der Waals surface area contributed by atoms with E-state index in [-0.39, 0.29) is 11.8 Å². The number of hydrogen-bond acceptors (Lipinski definition) is 2. The number of rotatable bonds is 7. The molecule has 0 unspecified atom stereocenters. The number of para-hydroxylation sites is 2. The van der Waals surface area contributed by atoms with Crippen LogP contribution in [-0.4, -0.2) is 22.0 Å². The van der Waals surface area contributed by atoms with E-state index in [4.69, 9.17) is 16.6 Å². The summed E-state index contributed by atoms with van der Waals surface area (Å²) in [6.45, 7) is 5.23. The van der Waals surface area contributed by atoms with Crippen molar-refractivity contribution >= 4 is 28.5 Å². The lowest BCUT2D eigenvalue weighted by Gasteiger charge is -2.11. The highest BCUT2D eigenvalue weighted by Gasteiger charge is 2.11. The SMILES string of the molecule is CC(C)C(=O)NCCCc1nc2ccccc2n1Cc1ccc(Cl)cc1. The number of fused-ring (bicyclic) bond motifs is 1. The fourth-order valence-corrected chi connectivity index (χ4v) is 3.05. The molecule has 5 heteroatoms. The Hall–Kier alpha value is -2.33. The molecule has 0 saturated carbocycles. The fourth-order valence-electron chi connectivity index (χ4n) is 2.93. The number of benzene rings is 2. The highest BCUT2D eigenvalue weighted by Crippen LogP contribution is 2.20. The number of hydrogen-bond donors (Lipinski definition) is 1. The van der Waals surface area contributed by atoms with E-state index in [2.05, 4.69) is 16.0 Å². The minimum absolute atomic E-state index is 0.0180. The maximum atomic E-state index is 11.7. The lowest BCUT2D eigenvalue weighted by Crippen LogP contribution is -2.28. The molecule has 0 fully saturated rings. The minimum atomic E-state index is 0.0180. The van der Waals surface area contributed by atoms with E-state index in [1.54, 1.807) is 0 Å². The van der Waals surface area contributed by atoms with E-state index < -0.39 is 0 Å². The average Bonchev–Trinajstić information content (AvgIpc) is 2.98. The van der Waals surface area contributed by atoms with Crippen molar-refractivity contribution in [2.45, 2.75) is 33.2 Å². The average molecular weight is 370 g/mol. The summed E-state index contributed by atoms with van der Waals surface area (Å²) in [5, 5.41) is 3.71. The Balaban J connectivity index is 1.76. The zero-order chi connectivity index (χ0) is 18.5. The predicted molar refractivity (Wildman–Crippen MR) is 106 cm³/mol. The Morgan fingerprint density at radius 2 is 1.88 bits per heavy atom. The molecule has 0 atom stereocenters. The summed E-state index contributed by atoms with van der Waals surface area (Å²) >= 11 is 6.00. The van der Waals surface area contributed by atoms with Crippen LogP contribution in [-0.2, 0) is 17.8 Å². The van der Waals surface area contributed by atoms with E-state index in [0.717, 1.165) is 41.3 Å². The van der Waals surface area contributed by atoms with E-state index in [0.29, 0.717) is 6.54 Å². The van der Waals surface area contributed by atoms with Crippen molar-refractivity contribution in [3.05, 3.63) is 64.9 Å². The molecule has 0 aliphatic rings. The first-order valence-corrected chi connectivity index (χ1v) is 9.38. The number of nitrogens with zero attached hydrogens (tertiary/aromatic N) is 2. The second-order valence-electron chi connectivity index (χ2n) is 6.78. The number of imidazole rings is 1. The van der Waals surface area contributed by atoms with Crippen molar-refractivity contribution in [3.8, 4) is 0 Å². The molecule has 26 heavy (non-hydrogen) atoms. The van der Waals surface area contributed by atoms with Crippen molar-refractivity contribution in [3.63, 3.8) is 0 Å². The molecule has 0 bridgehead atoms. The zero-order valence-corrected chi connectivity index (χ0v) is 16.0. The Bertz CT molecular complexity index is 884. The van der Waals surface area contributed by atoms with Crippen molar-refractivity contribution in [1.29, 1.82) is 0 Å². The monoisotopic (exact) mass is 369 g/mol. The summed E-state index contributed by atoms with van der Waals surface area (Å²) in [6, 6.07) is 16.1. The van der Waals surface area contributed by atoms with Gasteiger partial charge in [-0.2, -0.15) is 0 Å². The van der Waals surface area contributed by atoms with Gasteiger partial charge >= 0.3 is 0 Å². The van der Waals surface area contributed by atoms with Crippen LogP contribution in [0.15, 0.2) is 48.5 Å². The second kappa shape index (κ2) is 8.37. The summed E-state index contributed by atoms with van der Waals surface area (Å²) < 4.78 is 2.25. The van der Waals surface area contributed by atoms with Crippen LogP contribution >= 0.6 is 11.6 Å². The van der Waals surface area contributed by atoms with Crippen LogP contribution in [0.5, 0.6) is 0 Å². The highest BCUT2D eigenvalue weighted by atomic mass is 35.5. The molecule has 0 aliphatic heterocycles. The smallest absolute Gasteiger partial charge is 0.222 e. The van der Waals surface area contributed by atoms with Crippen LogP contribution in [0.25, 0.3) is 11.0 Å². The number of aryl methyl sites for hydroxylation is 1. The molecule has 3 rings (SSSR count). The Morgan fingerprint density at radius 1 is 1.15 bits per heavy atom. The van der Waals surface area contributed by atoms with E-state index in [1.807, 2.05) is 56.3 Å². The molecule has 0 spiro atoms. The van der Waals surface area contributed by atoms with Gasteiger partial charge < -0.3 is 9.88 Å². The third-order valence-electron chi connectivity index (χ3n) is 4.39. The standard InChI is InChI=1S/C21H24ClN3O/c1-15(2)21(26)23-13-5-8-20-24-18-6-3-4-7-19(18)25(20)14-16-9-11-17(22)12-10-16/h3-4,6-7,9-12,15H,5,8,13-14H2,1-2H3,(H,23,26). The van der Waals surface area contributed by atoms with Crippen molar-refractivity contribution < 1.29 is 4.79 Å². The van der Waals surface area contributed by atoms with Crippen molar-refractivity contribution in [2.75, 3.05) is 6.54 Å². The topological polar surface area (TPSA) is 46.9 Å². The maximum Gasteiger partial charge on any atom is 0.222 e. The molecule has 1 N–H and O–H groups in total. The third kappa shape index (κ3) is 4.44. The summed E-state index contributed by atoms with van der Waals surface area (Å²) in [4.78, 5) is 16.5. The van der Waals surface area contributed by atoms with Gasteiger partial charge in [0.15, 0.2) is 0 Å². The first kappa shape index (κ1) is 18.5. The lowest BCUT2D eigenvalue weighted by molar-refractivity contribution is -0.123. The van der Waals surface area contributed by atoms with Gasteiger partial charge in [-0.15, -0.1) is 0 Å². The van der Waals surface area contributed by atoms with Crippen LogP contribution in [0.1, 0.15) is 31.7 Å². The molecule has 4 nitrogen and oxygen atoms in total. The number of carbonyl (C=O) groups excluding carboxylic acids is 1. The second-order valence-corrected chi connectivity index (χ2v) is 7.22. The summed E-state index contributed by atoms with van der Waals surface area (Å²) in [6.07, 6.45) is 1.68. The van der Waals surface area contributed by atoms with E-state index in [1.165, 1.54) is 5.56 Å². The predicted octanol–water partition coefficient (Wildman–Crippen LogP) is 4.44. The molecule has 1 amide bonds. The molecular weight excluding hydrogens is 346 g/mol. The summed E-state index contributed by atoms with van der Waals surface area (Å²) in [7, 11) is 0. The first-order chi connectivity index (χ1) is 12.5. The van der Waals surface area contributed by atoms with Crippen LogP contribution in [0.2, 0.25) is 5.02 Å². The number of aromatic nitrogens is 2. The lowest BCUT2D eigenvalue weighted by atomic mass is 10.2. The quantitative estimate of drug-likeness (QED) is 0.626. The van der Waals surface area contributed by atoms with Crippen LogP contribution in [0.3, 0.4) is 0 Å². The van der Waals surface area contributed by atoms with E-state index in [9.17, 15) is 4.79 Å². The molecular formula is C21H24ClN3O. The van der Waals surface area contributed by atoms with Gasteiger partial charge in [-0.1, -0.05) is 49.7 Å². The van der Waals surface area contributed by atoms with Gasteiger partial charge in [-0.05, 0) is 36.2 Å². The van der Waals surface area contributed by atoms with Crippen LogP contribution in [0, 0.1) is 5.92 Å². The first-order valence-electron chi connectivity index (χ1n) is 9.01. The van der Waals surface area contributed by atoms with Gasteiger partial charge in [-0.3, -0.25) is 4.79 Å².